The molecule has 1 fully saturated rings. The smallest absolute Gasteiger partial charge is 0.269 e. The fourth-order valence-corrected chi connectivity index (χ4v) is 1.85. The van der Waals surface area contributed by atoms with Gasteiger partial charge in [-0.15, -0.1) is 0 Å². The summed E-state index contributed by atoms with van der Waals surface area (Å²) >= 11 is 0. The highest BCUT2D eigenvalue weighted by molar-refractivity contribution is 5.92. The second-order valence-electron chi connectivity index (χ2n) is 4.33. The number of aromatic nitrogens is 1. The van der Waals surface area contributed by atoms with E-state index in [1.807, 2.05) is 6.07 Å². The molecule has 1 atom stereocenters. The summed E-state index contributed by atoms with van der Waals surface area (Å²) in [6.45, 7) is 0.613. The van der Waals surface area contributed by atoms with Gasteiger partial charge >= 0.3 is 0 Å². The van der Waals surface area contributed by atoms with Crippen LogP contribution in [0.15, 0.2) is 18.3 Å². The van der Waals surface area contributed by atoms with Crippen molar-refractivity contribution in [2.24, 2.45) is 11.7 Å². The average molecular weight is 234 g/mol. The molecule has 5 heteroatoms. The fourth-order valence-electron chi connectivity index (χ4n) is 1.85. The van der Waals surface area contributed by atoms with Crippen molar-refractivity contribution in [2.75, 3.05) is 18.9 Å². The molecule has 92 valence electrons. The molecule has 1 heterocycles. The van der Waals surface area contributed by atoms with E-state index in [2.05, 4.69) is 15.6 Å². The summed E-state index contributed by atoms with van der Waals surface area (Å²) in [7, 11) is 1.59. The van der Waals surface area contributed by atoms with E-state index < -0.39 is 0 Å². The maximum absolute atomic E-state index is 11.4. The Kier molecular flexibility index (Phi) is 3.58. The zero-order chi connectivity index (χ0) is 12.3. The average Bonchev–Trinajstić information content (AvgIpc) is 3.19. The molecular formula is C12H18N4O. The molecule has 0 aromatic carbocycles. The minimum absolute atomic E-state index is 0.177. The standard InChI is InChI=1S/C12H18N4O/c1-14-12(17)10-6-9(4-5-15-10)16-11(7-13)8-2-3-8/h4-6,8,11H,2-3,7,13H2,1H3,(H,14,17)(H,15,16). The van der Waals surface area contributed by atoms with Crippen molar-refractivity contribution in [1.82, 2.24) is 10.3 Å². The molecule has 1 amide bonds. The van der Waals surface area contributed by atoms with Crippen LogP contribution in [0.2, 0.25) is 0 Å². The lowest BCUT2D eigenvalue weighted by Gasteiger charge is -2.17. The Labute approximate surface area is 101 Å². The van der Waals surface area contributed by atoms with Crippen molar-refractivity contribution in [1.29, 1.82) is 0 Å². The quantitative estimate of drug-likeness (QED) is 0.696. The van der Waals surface area contributed by atoms with Gasteiger partial charge in [-0.2, -0.15) is 0 Å². The Bertz CT molecular complexity index is 403. The van der Waals surface area contributed by atoms with Crippen LogP contribution >= 0.6 is 0 Å². The molecule has 1 aliphatic rings. The van der Waals surface area contributed by atoms with Crippen molar-refractivity contribution in [3.05, 3.63) is 24.0 Å². The highest BCUT2D eigenvalue weighted by Crippen LogP contribution is 2.33. The minimum atomic E-state index is -0.177. The van der Waals surface area contributed by atoms with Crippen molar-refractivity contribution < 1.29 is 4.79 Å². The Hall–Kier alpha value is -1.62. The first-order chi connectivity index (χ1) is 8.24. The van der Waals surface area contributed by atoms with Gasteiger partial charge in [-0.05, 0) is 30.9 Å². The summed E-state index contributed by atoms with van der Waals surface area (Å²) in [6.07, 6.45) is 4.11. The topological polar surface area (TPSA) is 80.0 Å². The lowest BCUT2D eigenvalue weighted by molar-refractivity contribution is 0.0958. The zero-order valence-electron chi connectivity index (χ0n) is 9.94. The number of rotatable bonds is 5. The summed E-state index contributed by atoms with van der Waals surface area (Å²) in [5, 5.41) is 5.92. The van der Waals surface area contributed by atoms with Crippen LogP contribution in [0.3, 0.4) is 0 Å². The molecule has 1 unspecified atom stereocenters. The van der Waals surface area contributed by atoms with Crippen molar-refractivity contribution in [3.63, 3.8) is 0 Å². The fraction of sp³-hybridized carbons (Fsp3) is 0.500. The Balaban J connectivity index is 2.07. The van der Waals surface area contributed by atoms with Gasteiger partial charge in [-0.25, -0.2) is 0 Å². The number of nitrogens with zero attached hydrogens (tertiary/aromatic N) is 1. The molecule has 17 heavy (non-hydrogen) atoms. The molecule has 5 nitrogen and oxygen atoms in total. The molecule has 0 bridgehead atoms. The van der Waals surface area contributed by atoms with Gasteiger partial charge < -0.3 is 16.4 Å². The van der Waals surface area contributed by atoms with Crippen LogP contribution in [0.1, 0.15) is 23.3 Å². The van der Waals surface area contributed by atoms with Crippen LogP contribution in [0.5, 0.6) is 0 Å². The monoisotopic (exact) mass is 234 g/mol. The number of hydrogen-bond acceptors (Lipinski definition) is 4. The van der Waals surface area contributed by atoms with Crippen molar-refractivity contribution in [2.45, 2.75) is 18.9 Å². The molecular weight excluding hydrogens is 216 g/mol. The van der Waals surface area contributed by atoms with Crippen LogP contribution in [0.25, 0.3) is 0 Å². The largest absolute Gasteiger partial charge is 0.381 e. The van der Waals surface area contributed by atoms with E-state index >= 15 is 0 Å². The van der Waals surface area contributed by atoms with Gasteiger partial charge in [0.1, 0.15) is 5.69 Å². The third-order valence-electron chi connectivity index (χ3n) is 3.02. The van der Waals surface area contributed by atoms with E-state index in [-0.39, 0.29) is 5.91 Å². The summed E-state index contributed by atoms with van der Waals surface area (Å²) in [5.41, 5.74) is 7.05. The number of amides is 1. The molecule has 2 rings (SSSR count). The predicted octanol–water partition coefficient (Wildman–Crippen LogP) is 0.590. The first-order valence-electron chi connectivity index (χ1n) is 5.89. The number of anilines is 1. The second kappa shape index (κ2) is 5.14. The Morgan fingerprint density at radius 3 is 3.00 bits per heavy atom. The van der Waals surface area contributed by atoms with Gasteiger partial charge in [0.25, 0.3) is 5.91 Å². The van der Waals surface area contributed by atoms with Gasteiger partial charge in [0.05, 0.1) is 0 Å². The summed E-state index contributed by atoms with van der Waals surface area (Å²) < 4.78 is 0. The SMILES string of the molecule is CNC(=O)c1cc(NC(CN)C2CC2)ccn1. The molecule has 1 aromatic heterocycles. The third kappa shape index (κ3) is 2.94. The van der Waals surface area contributed by atoms with Crippen LogP contribution < -0.4 is 16.4 Å². The van der Waals surface area contributed by atoms with Gasteiger partial charge in [0.2, 0.25) is 0 Å². The van der Waals surface area contributed by atoms with Gasteiger partial charge in [-0.3, -0.25) is 9.78 Å². The number of hydrogen-bond donors (Lipinski definition) is 3. The molecule has 0 spiro atoms. The minimum Gasteiger partial charge on any atom is -0.381 e. The van der Waals surface area contributed by atoms with E-state index in [4.69, 9.17) is 5.73 Å². The molecule has 1 saturated carbocycles. The van der Waals surface area contributed by atoms with Crippen LogP contribution in [0.4, 0.5) is 5.69 Å². The van der Waals surface area contributed by atoms with Crippen molar-refractivity contribution in [3.8, 4) is 0 Å². The highest BCUT2D eigenvalue weighted by Gasteiger charge is 2.30. The number of pyridine rings is 1. The van der Waals surface area contributed by atoms with E-state index in [0.29, 0.717) is 24.2 Å². The number of nitrogens with one attached hydrogen (secondary N) is 2. The van der Waals surface area contributed by atoms with Crippen molar-refractivity contribution >= 4 is 11.6 Å². The molecule has 0 saturated heterocycles. The molecule has 0 aliphatic heterocycles. The summed E-state index contributed by atoms with van der Waals surface area (Å²) in [4.78, 5) is 15.5. The van der Waals surface area contributed by atoms with Crippen LogP contribution in [0, 0.1) is 5.92 Å². The number of carbonyl (C=O) groups excluding carboxylic acids is 1. The molecule has 4 N–H and O–H groups in total. The molecule has 0 radical (unpaired) electrons. The normalized spacial score (nSPS) is 16.4. The maximum atomic E-state index is 11.4. The number of nitrogens with two attached hydrogens (primary N) is 1. The van der Waals surface area contributed by atoms with E-state index in [0.717, 1.165) is 5.69 Å². The van der Waals surface area contributed by atoms with Gasteiger partial charge in [0, 0.05) is 31.5 Å². The summed E-state index contributed by atoms with van der Waals surface area (Å²) in [5.74, 6) is 0.501. The lowest BCUT2D eigenvalue weighted by Crippen LogP contribution is -2.31. The van der Waals surface area contributed by atoms with Gasteiger partial charge in [-0.1, -0.05) is 0 Å². The first-order valence-corrected chi connectivity index (χ1v) is 5.89. The lowest BCUT2D eigenvalue weighted by atomic mass is 10.1. The predicted molar refractivity (Wildman–Crippen MR) is 66.8 cm³/mol. The van der Waals surface area contributed by atoms with E-state index in [1.54, 1.807) is 19.3 Å². The van der Waals surface area contributed by atoms with Crippen LogP contribution in [-0.2, 0) is 0 Å². The summed E-state index contributed by atoms with van der Waals surface area (Å²) in [6, 6.07) is 3.91. The highest BCUT2D eigenvalue weighted by atomic mass is 16.1. The maximum Gasteiger partial charge on any atom is 0.269 e. The second-order valence-corrected chi connectivity index (χ2v) is 4.33. The third-order valence-corrected chi connectivity index (χ3v) is 3.02. The molecule has 1 aromatic rings. The van der Waals surface area contributed by atoms with E-state index in [9.17, 15) is 4.79 Å². The van der Waals surface area contributed by atoms with Crippen LogP contribution in [-0.4, -0.2) is 30.5 Å². The first kappa shape index (κ1) is 11.9. The Morgan fingerprint density at radius 2 is 2.41 bits per heavy atom. The molecule has 1 aliphatic carbocycles. The number of carbonyl (C=O) groups is 1. The van der Waals surface area contributed by atoms with E-state index in [1.165, 1.54) is 12.8 Å². The zero-order valence-corrected chi connectivity index (χ0v) is 9.94. The van der Waals surface area contributed by atoms with Gasteiger partial charge in [0.15, 0.2) is 0 Å². The Morgan fingerprint density at radius 1 is 1.65 bits per heavy atom.